The van der Waals surface area contributed by atoms with Crippen LogP contribution in [0, 0.1) is 12.7 Å². The number of hydrogen-bond donors (Lipinski definition) is 1. The van der Waals surface area contributed by atoms with Crippen molar-refractivity contribution >= 4 is 39.2 Å². The lowest BCUT2D eigenvalue weighted by Crippen LogP contribution is -2.19. The van der Waals surface area contributed by atoms with E-state index < -0.39 is 5.82 Å². The van der Waals surface area contributed by atoms with Gasteiger partial charge in [0.2, 0.25) is 0 Å². The van der Waals surface area contributed by atoms with E-state index in [1.54, 1.807) is 6.08 Å². The summed E-state index contributed by atoms with van der Waals surface area (Å²) in [5.41, 5.74) is 1.97. The molecule has 2 aromatic rings. The van der Waals surface area contributed by atoms with E-state index in [0.717, 1.165) is 5.82 Å². The number of nitrogens with one attached hydrogen (secondary N) is 1. The first-order chi connectivity index (χ1) is 10.4. The van der Waals surface area contributed by atoms with Crippen LogP contribution in [-0.2, 0) is 0 Å². The van der Waals surface area contributed by atoms with Crippen molar-refractivity contribution in [2.45, 2.75) is 30.9 Å². The van der Waals surface area contributed by atoms with E-state index >= 15 is 0 Å². The summed E-state index contributed by atoms with van der Waals surface area (Å²) in [5, 5.41) is 2.88. The van der Waals surface area contributed by atoms with Crippen LogP contribution in [0.1, 0.15) is 31.3 Å². The second kappa shape index (κ2) is 5.64. The molecule has 1 N–H and O–H groups in total. The molecule has 1 atom stereocenters. The monoisotopic (exact) mass is 415 g/mol. The Morgan fingerprint density at radius 3 is 2.73 bits per heavy atom. The highest BCUT2D eigenvalue weighted by atomic mass is 127. The molecule has 22 heavy (non-hydrogen) atoms. The Kier molecular flexibility index (Phi) is 3.96. The highest BCUT2D eigenvalue weighted by Gasteiger charge is 2.20. The summed E-state index contributed by atoms with van der Waals surface area (Å²) >= 11 is 2.15. The number of nitrogens with zero attached hydrogens (tertiary/aromatic N) is 2. The average molecular weight is 415 g/mol. The Morgan fingerprint density at radius 1 is 1.32 bits per heavy atom. The maximum absolute atomic E-state index is 14.4. The van der Waals surface area contributed by atoms with Crippen molar-refractivity contribution in [1.82, 2.24) is 14.9 Å². The van der Waals surface area contributed by atoms with Crippen molar-refractivity contribution in [2.75, 3.05) is 0 Å². The number of imidazole rings is 1. The van der Waals surface area contributed by atoms with E-state index in [0.29, 0.717) is 22.2 Å². The summed E-state index contributed by atoms with van der Waals surface area (Å²) in [6, 6.07) is 3.32. The van der Waals surface area contributed by atoms with Crippen LogP contribution in [0.15, 0.2) is 30.2 Å². The average Bonchev–Trinajstić information content (AvgIpc) is 2.78. The molecule has 0 saturated carbocycles. The molecule has 1 unspecified atom stereocenters. The Bertz CT molecular complexity index is 805. The van der Waals surface area contributed by atoms with Gasteiger partial charge in [-0.2, -0.15) is 0 Å². The summed E-state index contributed by atoms with van der Waals surface area (Å²) in [4.78, 5) is 4.30. The first kappa shape index (κ1) is 15.5. The minimum absolute atomic E-state index is 0.0254. The fourth-order valence-corrected chi connectivity index (χ4v) is 3.35. The zero-order chi connectivity index (χ0) is 16.0. The van der Waals surface area contributed by atoms with Crippen molar-refractivity contribution < 1.29 is 8.78 Å². The Balaban J connectivity index is 2.24. The van der Waals surface area contributed by atoms with Gasteiger partial charge < -0.3 is 9.88 Å². The van der Waals surface area contributed by atoms with Crippen LogP contribution in [0.5, 0.6) is 0 Å². The maximum Gasteiger partial charge on any atom is 0.151 e. The van der Waals surface area contributed by atoms with Crippen LogP contribution in [0.25, 0.3) is 16.6 Å². The molecule has 3 rings (SSSR count). The lowest BCUT2D eigenvalue weighted by atomic mass is 10.0. The van der Waals surface area contributed by atoms with Crippen molar-refractivity contribution in [1.29, 1.82) is 0 Å². The van der Waals surface area contributed by atoms with Crippen molar-refractivity contribution in [2.24, 2.45) is 0 Å². The molecular weight excluding hydrogens is 399 g/mol. The number of aryl methyl sites for hydroxylation is 1. The van der Waals surface area contributed by atoms with Gasteiger partial charge in [0.25, 0.3) is 0 Å². The standard InChI is InChI=1S/C16H16F2IN3/c1-8(2)22-9(3)21-16-12(17)4-10(5-14(16)22)11-6-15(19)20-7-13(11)18/h4-8,15,20H,1-3H3. The SMILES string of the molecule is Cc1nc2c(F)cc(C3=CC(I)NC=C3F)cc2n1C(C)C. The van der Waals surface area contributed by atoms with Crippen molar-refractivity contribution in [3.05, 3.63) is 47.4 Å². The largest absolute Gasteiger partial charge is 0.374 e. The van der Waals surface area contributed by atoms with Crippen LogP contribution >= 0.6 is 22.6 Å². The fourth-order valence-electron chi connectivity index (χ4n) is 2.81. The number of allylic oxidation sites excluding steroid dienone is 2. The lowest BCUT2D eigenvalue weighted by molar-refractivity contribution is 0.600. The van der Waals surface area contributed by atoms with E-state index in [9.17, 15) is 8.78 Å². The molecule has 0 bridgehead atoms. The smallest absolute Gasteiger partial charge is 0.151 e. The third-order valence-corrected chi connectivity index (χ3v) is 4.41. The van der Waals surface area contributed by atoms with E-state index in [2.05, 4.69) is 32.9 Å². The van der Waals surface area contributed by atoms with E-state index in [1.807, 2.05) is 31.4 Å². The highest BCUT2D eigenvalue weighted by molar-refractivity contribution is 14.1. The third-order valence-electron chi connectivity index (χ3n) is 3.69. The van der Waals surface area contributed by atoms with Gasteiger partial charge in [-0.05, 0) is 44.5 Å². The fraction of sp³-hybridized carbons (Fsp3) is 0.312. The zero-order valence-corrected chi connectivity index (χ0v) is 14.6. The molecule has 0 spiro atoms. The number of halogens is 3. The first-order valence-corrected chi connectivity index (χ1v) is 8.29. The Morgan fingerprint density at radius 2 is 2.05 bits per heavy atom. The van der Waals surface area contributed by atoms with E-state index in [4.69, 9.17) is 0 Å². The predicted molar refractivity (Wildman–Crippen MR) is 92.9 cm³/mol. The van der Waals surface area contributed by atoms with Crippen LogP contribution in [0.2, 0.25) is 0 Å². The summed E-state index contributed by atoms with van der Waals surface area (Å²) in [6.45, 7) is 5.89. The van der Waals surface area contributed by atoms with Crippen LogP contribution in [0.3, 0.4) is 0 Å². The first-order valence-electron chi connectivity index (χ1n) is 7.05. The summed E-state index contributed by atoms with van der Waals surface area (Å²) in [6.07, 6.45) is 3.07. The Hall–Kier alpha value is -1.44. The number of fused-ring (bicyclic) bond motifs is 1. The van der Waals surface area contributed by atoms with Crippen molar-refractivity contribution in [3.63, 3.8) is 0 Å². The molecule has 2 heterocycles. The second-order valence-electron chi connectivity index (χ2n) is 5.59. The number of aromatic nitrogens is 2. The molecule has 116 valence electrons. The molecule has 1 aromatic heterocycles. The minimum atomic E-state index is -0.424. The molecule has 0 aliphatic carbocycles. The van der Waals surface area contributed by atoms with Gasteiger partial charge in [0, 0.05) is 17.8 Å². The van der Waals surface area contributed by atoms with Crippen molar-refractivity contribution in [3.8, 4) is 0 Å². The van der Waals surface area contributed by atoms with Gasteiger partial charge in [0.05, 0.1) is 9.57 Å². The minimum Gasteiger partial charge on any atom is -0.374 e. The summed E-state index contributed by atoms with van der Waals surface area (Å²) in [7, 11) is 0. The maximum atomic E-state index is 14.4. The molecule has 1 aromatic carbocycles. The molecule has 0 saturated heterocycles. The molecule has 6 heteroatoms. The molecule has 0 amide bonds. The highest BCUT2D eigenvalue weighted by Crippen LogP contribution is 2.32. The van der Waals surface area contributed by atoms with Gasteiger partial charge in [-0.25, -0.2) is 13.8 Å². The predicted octanol–water partition coefficient (Wildman–Crippen LogP) is 4.62. The number of dihydropyridines is 1. The number of rotatable bonds is 2. The van der Waals surface area contributed by atoms with Gasteiger partial charge >= 0.3 is 0 Å². The van der Waals surface area contributed by atoms with E-state index in [-0.39, 0.29) is 15.9 Å². The molecule has 1 aliphatic heterocycles. The number of hydrogen-bond acceptors (Lipinski definition) is 2. The molecule has 3 nitrogen and oxygen atoms in total. The topological polar surface area (TPSA) is 29.9 Å². The molecule has 0 fully saturated rings. The van der Waals surface area contributed by atoms with Crippen LogP contribution in [0.4, 0.5) is 8.78 Å². The number of benzene rings is 1. The van der Waals surface area contributed by atoms with Gasteiger partial charge in [-0.1, -0.05) is 22.6 Å². The van der Waals surface area contributed by atoms with Gasteiger partial charge in [-0.3, -0.25) is 0 Å². The summed E-state index contributed by atoms with van der Waals surface area (Å²) < 4.78 is 30.4. The zero-order valence-electron chi connectivity index (χ0n) is 12.5. The van der Waals surface area contributed by atoms with Gasteiger partial charge in [0.15, 0.2) is 5.82 Å². The second-order valence-corrected chi connectivity index (χ2v) is 6.93. The van der Waals surface area contributed by atoms with E-state index in [1.165, 1.54) is 12.3 Å². The number of alkyl halides is 1. The van der Waals surface area contributed by atoms with Crippen LogP contribution in [-0.4, -0.2) is 13.6 Å². The lowest BCUT2D eigenvalue weighted by Gasteiger charge is -2.17. The van der Waals surface area contributed by atoms with Gasteiger partial charge in [-0.15, -0.1) is 0 Å². The van der Waals surface area contributed by atoms with Gasteiger partial charge in [0.1, 0.15) is 17.2 Å². The molecule has 0 radical (unpaired) electrons. The quantitative estimate of drug-likeness (QED) is 0.441. The molecular formula is C16H16F2IN3. The third kappa shape index (κ3) is 2.53. The normalized spacial score (nSPS) is 18.4. The Labute approximate surface area is 141 Å². The molecule has 1 aliphatic rings. The van der Waals surface area contributed by atoms with Crippen LogP contribution < -0.4 is 5.32 Å². The summed E-state index contributed by atoms with van der Waals surface area (Å²) in [5.74, 6) is -0.0608.